The molecule has 0 aliphatic heterocycles. The molecule has 2 aromatic carbocycles. The van der Waals surface area contributed by atoms with Gasteiger partial charge in [0, 0.05) is 12.5 Å². The van der Waals surface area contributed by atoms with Gasteiger partial charge in [0.25, 0.3) is 5.22 Å². The number of carbonyl (C=O) groups is 2. The molecule has 1 aromatic heterocycles. The maximum Gasteiger partial charge on any atom is 0.257 e. The zero-order valence-electron chi connectivity index (χ0n) is 16.1. The summed E-state index contributed by atoms with van der Waals surface area (Å²) in [5, 5.41) is 0.402. The van der Waals surface area contributed by atoms with Crippen molar-refractivity contribution in [2.45, 2.75) is 18.1 Å². The molecule has 0 saturated heterocycles. The minimum absolute atomic E-state index is 0.0696. The zero-order valence-corrected chi connectivity index (χ0v) is 16.9. The number of hydrazine groups is 1. The molecule has 2 amide bonds. The Balaban J connectivity index is 1.41. The molecular formula is C20H21N3O5S. The predicted octanol–water partition coefficient (Wildman–Crippen LogP) is 2.72. The van der Waals surface area contributed by atoms with Crippen LogP contribution >= 0.6 is 11.8 Å². The van der Waals surface area contributed by atoms with Crippen molar-refractivity contribution in [3.63, 3.8) is 0 Å². The van der Waals surface area contributed by atoms with Crippen molar-refractivity contribution in [2.75, 3.05) is 20.0 Å². The predicted molar refractivity (Wildman–Crippen MR) is 109 cm³/mol. The molecule has 1 heterocycles. The number of thioether (sulfide) groups is 1. The first-order chi connectivity index (χ1) is 14.1. The summed E-state index contributed by atoms with van der Waals surface area (Å²) >= 11 is 1.16. The van der Waals surface area contributed by atoms with Crippen molar-refractivity contribution < 1.29 is 23.5 Å². The Hall–Kier alpha value is -3.20. The van der Waals surface area contributed by atoms with Crippen molar-refractivity contribution in [3.8, 4) is 11.5 Å². The average Bonchev–Trinajstić information content (AvgIpc) is 3.17. The van der Waals surface area contributed by atoms with E-state index >= 15 is 0 Å². The summed E-state index contributed by atoms with van der Waals surface area (Å²) in [5.41, 5.74) is 7.09. The van der Waals surface area contributed by atoms with E-state index < -0.39 is 0 Å². The Morgan fingerprint density at radius 2 is 1.72 bits per heavy atom. The number of hydrogen-bond donors (Lipinski definition) is 2. The van der Waals surface area contributed by atoms with Crippen molar-refractivity contribution in [1.29, 1.82) is 0 Å². The van der Waals surface area contributed by atoms with E-state index in [0.717, 1.165) is 22.8 Å². The molecule has 8 nitrogen and oxygen atoms in total. The Morgan fingerprint density at radius 3 is 2.41 bits per heavy atom. The van der Waals surface area contributed by atoms with Gasteiger partial charge >= 0.3 is 0 Å². The van der Waals surface area contributed by atoms with Crippen molar-refractivity contribution in [3.05, 3.63) is 48.0 Å². The highest BCUT2D eigenvalue weighted by atomic mass is 32.2. The summed E-state index contributed by atoms with van der Waals surface area (Å²) in [6.45, 7) is 0. The standard InChI is InChI=1S/C20H21N3O5S/c1-26-14-9-13(10-15(11-14)27-2)7-8-18(24)22-23-19(25)12-29-20-21-16-5-3-4-6-17(16)28-20/h3-6,9-11H,7-8,12H2,1-2H3,(H,22,24)(H,23,25). The SMILES string of the molecule is COc1cc(CCC(=O)NNC(=O)CSc2nc3ccccc3o2)cc(OC)c1. The van der Waals surface area contributed by atoms with Gasteiger partial charge in [0.15, 0.2) is 5.58 Å². The molecule has 0 unspecified atom stereocenters. The quantitative estimate of drug-likeness (QED) is 0.431. The summed E-state index contributed by atoms with van der Waals surface area (Å²) in [4.78, 5) is 28.2. The fraction of sp³-hybridized carbons (Fsp3) is 0.250. The molecule has 0 radical (unpaired) electrons. The fourth-order valence-electron chi connectivity index (χ4n) is 2.55. The molecular weight excluding hydrogens is 394 g/mol. The third kappa shape index (κ3) is 5.89. The second-order valence-corrected chi connectivity index (χ2v) is 6.98. The largest absolute Gasteiger partial charge is 0.497 e. The van der Waals surface area contributed by atoms with E-state index in [0.29, 0.717) is 28.7 Å². The first-order valence-corrected chi connectivity index (χ1v) is 9.84. The van der Waals surface area contributed by atoms with E-state index in [2.05, 4.69) is 15.8 Å². The number of oxazole rings is 1. The first kappa shape index (κ1) is 20.5. The Kier molecular flexibility index (Phi) is 6.96. The van der Waals surface area contributed by atoms with Crippen LogP contribution in [0.5, 0.6) is 11.5 Å². The molecule has 0 fully saturated rings. The van der Waals surface area contributed by atoms with Crippen LogP contribution in [0.25, 0.3) is 11.1 Å². The third-order valence-corrected chi connectivity index (χ3v) is 4.82. The van der Waals surface area contributed by atoms with Crippen molar-refractivity contribution >= 4 is 34.7 Å². The number of ether oxygens (including phenoxy) is 2. The molecule has 0 atom stereocenters. The van der Waals surface area contributed by atoms with Gasteiger partial charge in [-0.25, -0.2) is 4.98 Å². The molecule has 0 aliphatic rings. The number of nitrogens with one attached hydrogen (secondary N) is 2. The molecule has 152 valence electrons. The third-order valence-electron chi connectivity index (χ3n) is 3.99. The summed E-state index contributed by atoms with van der Waals surface area (Å²) in [7, 11) is 3.14. The lowest BCUT2D eigenvalue weighted by Gasteiger charge is -2.09. The van der Waals surface area contributed by atoms with Crippen LogP contribution in [0.15, 0.2) is 52.1 Å². The van der Waals surface area contributed by atoms with Gasteiger partial charge < -0.3 is 13.9 Å². The van der Waals surface area contributed by atoms with Crippen LogP contribution in [-0.4, -0.2) is 36.8 Å². The van der Waals surface area contributed by atoms with Crippen molar-refractivity contribution in [2.24, 2.45) is 0 Å². The van der Waals surface area contributed by atoms with E-state index in [1.54, 1.807) is 20.3 Å². The highest BCUT2D eigenvalue weighted by Gasteiger charge is 2.10. The summed E-state index contributed by atoms with van der Waals surface area (Å²) < 4.78 is 16.0. The molecule has 0 saturated carbocycles. The second kappa shape index (κ2) is 9.83. The molecule has 3 aromatic rings. The van der Waals surface area contributed by atoms with Gasteiger partial charge in [-0.05, 0) is 36.2 Å². The number of aromatic nitrogens is 1. The van der Waals surface area contributed by atoms with E-state index in [-0.39, 0.29) is 24.0 Å². The smallest absolute Gasteiger partial charge is 0.257 e. The number of hydrogen-bond acceptors (Lipinski definition) is 7. The van der Waals surface area contributed by atoms with Gasteiger partial charge in [0.2, 0.25) is 11.8 Å². The molecule has 2 N–H and O–H groups in total. The molecule has 0 spiro atoms. The Morgan fingerprint density at radius 1 is 1.03 bits per heavy atom. The van der Waals surface area contributed by atoms with Crippen LogP contribution in [0.1, 0.15) is 12.0 Å². The van der Waals surface area contributed by atoms with Gasteiger partial charge in [0.05, 0.1) is 20.0 Å². The van der Waals surface area contributed by atoms with Crippen LogP contribution < -0.4 is 20.3 Å². The molecule has 0 bridgehead atoms. The van der Waals surface area contributed by atoms with Gasteiger partial charge in [-0.1, -0.05) is 23.9 Å². The van der Waals surface area contributed by atoms with E-state index in [9.17, 15) is 9.59 Å². The van der Waals surface area contributed by atoms with Gasteiger partial charge in [-0.3, -0.25) is 20.4 Å². The van der Waals surface area contributed by atoms with Crippen LogP contribution in [-0.2, 0) is 16.0 Å². The molecule has 0 aliphatic carbocycles. The number of para-hydroxylation sites is 2. The topological polar surface area (TPSA) is 103 Å². The number of benzene rings is 2. The lowest BCUT2D eigenvalue weighted by Crippen LogP contribution is -2.42. The van der Waals surface area contributed by atoms with Crippen LogP contribution in [0.4, 0.5) is 0 Å². The van der Waals surface area contributed by atoms with E-state index in [1.807, 2.05) is 36.4 Å². The number of amides is 2. The number of rotatable bonds is 8. The lowest BCUT2D eigenvalue weighted by atomic mass is 10.1. The number of aryl methyl sites for hydroxylation is 1. The summed E-state index contributed by atoms with van der Waals surface area (Å²) in [5.74, 6) is 0.731. The molecule has 9 heteroatoms. The maximum atomic E-state index is 12.0. The van der Waals surface area contributed by atoms with Gasteiger partial charge in [-0.2, -0.15) is 0 Å². The van der Waals surface area contributed by atoms with Crippen LogP contribution in [0.2, 0.25) is 0 Å². The summed E-state index contributed by atoms with van der Waals surface area (Å²) in [6, 6.07) is 12.8. The minimum Gasteiger partial charge on any atom is -0.497 e. The monoisotopic (exact) mass is 415 g/mol. The normalized spacial score (nSPS) is 10.6. The molecule has 29 heavy (non-hydrogen) atoms. The molecule has 3 rings (SSSR count). The number of fused-ring (bicyclic) bond motifs is 1. The van der Waals surface area contributed by atoms with Crippen LogP contribution in [0.3, 0.4) is 0 Å². The van der Waals surface area contributed by atoms with Crippen LogP contribution in [0, 0.1) is 0 Å². The maximum absolute atomic E-state index is 12.0. The zero-order chi connectivity index (χ0) is 20.6. The number of nitrogens with zero attached hydrogens (tertiary/aromatic N) is 1. The minimum atomic E-state index is -0.353. The highest BCUT2D eigenvalue weighted by molar-refractivity contribution is 7.99. The van der Waals surface area contributed by atoms with E-state index in [4.69, 9.17) is 13.9 Å². The van der Waals surface area contributed by atoms with Gasteiger partial charge in [0.1, 0.15) is 17.0 Å². The van der Waals surface area contributed by atoms with Gasteiger partial charge in [-0.15, -0.1) is 0 Å². The average molecular weight is 415 g/mol. The van der Waals surface area contributed by atoms with E-state index in [1.165, 1.54) is 0 Å². The second-order valence-electron chi connectivity index (χ2n) is 6.05. The fourth-order valence-corrected chi connectivity index (χ4v) is 3.19. The Labute approximate surface area is 171 Å². The highest BCUT2D eigenvalue weighted by Crippen LogP contribution is 2.24. The number of methoxy groups -OCH3 is 2. The Bertz CT molecular complexity index is 949. The number of carbonyl (C=O) groups excluding carboxylic acids is 2. The summed E-state index contributed by atoms with van der Waals surface area (Å²) in [6.07, 6.45) is 0.682. The lowest BCUT2D eigenvalue weighted by molar-refractivity contribution is -0.127. The van der Waals surface area contributed by atoms with Crippen molar-refractivity contribution in [1.82, 2.24) is 15.8 Å². The first-order valence-electron chi connectivity index (χ1n) is 8.85.